The first-order valence-corrected chi connectivity index (χ1v) is 5.34. The number of furan rings is 1. The second kappa shape index (κ2) is 4.14. The minimum absolute atomic E-state index is 0.145. The Morgan fingerprint density at radius 1 is 1.44 bits per heavy atom. The molecule has 0 fully saturated rings. The van der Waals surface area contributed by atoms with Crippen LogP contribution in [0.15, 0.2) is 22.9 Å². The van der Waals surface area contributed by atoms with Crippen molar-refractivity contribution in [1.82, 2.24) is 15.1 Å². The third-order valence-electron chi connectivity index (χ3n) is 2.74. The van der Waals surface area contributed by atoms with E-state index in [-0.39, 0.29) is 6.04 Å². The maximum atomic E-state index is 5.56. The second-order valence-corrected chi connectivity index (χ2v) is 4.04. The molecule has 0 saturated carbocycles. The average molecular weight is 219 g/mol. The van der Waals surface area contributed by atoms with Crippen LogP contribution in [-0.4, -0.2) is 16.8 Å². The van der Waals surface area contributed by atoms with Crippen LogP contribution >= 0.6 is 0 Å². The van der Waals surface area contributed by atoms with Crippen LogP contribution in [0.3, 0.4) is 0 Å². The Labute approximate surface area is 95.3 Å². The normalized spacial score (nSPS) is 13.0. The lowest BCUT2D eigenvalue weighted by atomic mass is 10.0. The third kappa shape index (κ3) is 1.88. The number of nitrogens with zero attached hydrogens (tertiary/aromatic N) is 2. The number of rotatable bonds is 3. The molecule has 2 rings (SSSR count). The predicted octanol–water partition coefficient (Wildman–Crippen LogP) is 1.94. The van der Waals surface area contributed by atoms with Crippen molar-refractivity contribution in [2.24, 2.45) is 7.05 Å². The van der Waals surface area contributed by atoms with Crippen molar-refractivity contribution in [2.45, 2.75) is 19.9 Å². The predicted molar refractivity (Wildman–Crippen MR) is 62.3 cm³/mol. The molecule has 2 heterocycles. The number of aromatic nitrogens is 2. The number of nitrogens with one attached hydrogen (secondary N) is 1. The maximum Gasteiger partial charge on any atom is 0.106 e. The van der Waals surface area contributed by atoms with E-state index < -0.39 is 0 Å². The Hall–Kier alpha value is -1.55. The molecule has 16 heavy (non-hydrogen) atoms. The van der Waals surface area contributed by atoms with Gasteiger partial charge in [0, 0.05) is 24.4 Å². The first-order valence-electron chi connectivity index (χ1n) is 5.34. The topological polar surface area (TPSA) is 43.0 Å². The van der Waals surface area contributed by atoms with Gasteiger partial charge in [0.2, 0.25) is 0 Å². The van der Waals surface area contributed by atoms with Crippen molar-refractivity contribution in [3.8, 4) is 0 Å². The summed E-state index contributed by atoms with van der Waals surface area (Å²) in [5, 5.41) is 7.48. The first-order chi connectivity index (χ1) is 7.61. The highest BCUT2D eigenvalue weighted by Crippen LogP contribution is 2.26. The minimum Gasteiger partial charge on any atom is -0.466 e. The molecular weight excluding hydrogens is 202 g/mol. The van der Waals surface area contributed by atoms with Crippen molar-refractivity contribution in [1.29, 1.82) is 0 Å². The van der Waals surface area contributed by atoms with Gasteiger partial charge >= 0.3 is 0 Å². The number of hydrogen-bond acceptors (Lipinski definition) is 3. The van der Waals surface area contributed by atoms with E-state index in [2.05, 4.69) is 16.5 Å². The van der Waals surface area contributed by atoms with E-state index in [1.807, 2.05) is 45.0 Å². The van der Waals surface area contributed by atoms with Gasteiger partial charge in [-0.2, -0.15) is 5.10 Å². The molecule has 1 atom stereocenters. The van der Waals surface area contributed by atoms with Gasteiger partial charge in [0.25, 0.3) is 0 Å². The van der Waals surface area contributed by atoms with Crippen LogP contribution in [-0.2, 0) is 7.05 Å². The summed E-state index contributed by atoms with van der Waals surface area (Å²) >= 11 is 0. The first kappa shape index (κ1) is 11.0. The molecule has 0 amide bonds. The van der Waals surface area contributed by atoms with Crippen LogP contribution in [0.1, 0.15) is 28.7 Å². The molecule has 0 aliphatic heterocycles. The SMILES string of the molecule is CNC(c1cnn(C)c1)c1cc(C)oc1C. The third-order valence-corrected chi connectivity index (χ3v) is 2.74. The molecule has 4 nitrogen and oxygen atoms in total. The fourth-order valence-corrected chi connectivity index (χ4v) is 2.03. The van der Waals surface area contributed by atoms with Crippen LogP contribution in [0.2, 0.25) is 0 Å². The van der Waals surface area contributed by atoms with Gasteiger partial charge in [-0.15, -0.1) is 0 Å². The lowest BCUT2D eigenvalue weighted by molar-refractivity contribution is 0.497. The Morgan fingerprint density at radius 2 is 2.19 bits per heavy atom. The average Bonchev–Trinajstić information content (AvgIpc) is 2.76. The highest BCUT2D eigenvalue weighted by molar-refractivity contribution is 5.32. The molecule has 86 valence electrons. The van der Waals surface area contributed by atoms with E-state index in [1.54, 1.807) is 0 Å². The fraction of sp³-hybridized carbons (Fsp3) is 0.417. The summed E-state index contributed by atoms with van der Waals surface area (Å²) in [4.78, 5) is 0. The van der Waals surface area contributed by atoms with Crippen LogP contribution < -0.4 is 5.32 Å². The Balaban J connectivity index is 2.40. The highest BCUT2D eigenvalue weighted by Gasteiger charge is 2.18. The van der Waals surface area contributed by atoms with Gasteiger partial charge in [0.1, 0.15) is 11.5 Å². The molecule has 0 radical (unpaired) electrons. The summed E-state index contributed by atoms with van der Waals surface area (Å²) in [5.74, 6) is 1.90. The zero-order valence-corrected chi connectivity index (χ0v) is 10.1. The van der Waals surface area contributed by atoms with Crippen molar-refractivity contribution < 1.29 is 4.42 Å². The van der Waals surface area contributed by atoms with E-state index in [9.17, 15) is 0 Å². The fourth-order valence-electron chi connectivity index (χ4n) is 2.03. The van der Waals surface area contributed by atoms with E-state index in [1.165, 1.54) is 5.56 Å². The molecule has 0 aliphatic rings. The molecule has 4 heteroatoms. The van der Waals surface area contributed by atoms with Gasteiger partial charge in [-0.1, -0.05) is 0 Å². The summed E-state index contributed by atoms with van der Waals surface area (Å²) in [6, 6.07) is 2.22. The summed E-state index contributed by atoms with van der Waals surface area (Å²) in [6.07, 6.45) is 3.89. The minimum atomic E-state index is 0.145. The molecule has 1 N–H and O–H groups in total. The van der Waals surface area contributed by atoms with E-state index >= 15 is 0 Å². The van der Waals surface area contributed by atoms with Gasteiger partial charge in [-0.3, -0.25) is 4.68 Å². The number of hydrogen-bond donors (Lipinski definition) is 1. The molecule has 2 aromatic rings. The van der Waals surface area contributed by atoms with Crippen LogP contribution in [0.4, 0.5) is 0 Å². The van der Waals surface area contributed by atoms with E-state index in [0.717, 1.165) is 17.1 Å². The van der Waals surface area contributed by atoms with E-state index in [0.29, 0.717) is 0 Å². The van der Waals surface area contributed by atoms with Crippen molar-refractivity contribution >= 4 is 0 Å². The maximum absolute atomic E-state index is 5.56. The quantitative estimate of drug-likeness (QED) is 0.857. The molecule has 0 aliphatic carbocycles. The Kier molecular flexibility index (Phi) is 2.83. The monoisotopic (exact) mass is 219 g/mol. The van der Waals surface area contributed by atoms with Crippen LogP contribution in [0, 0.1) is 13.8 Å². The van der Waals surface area contributed by atoms with Crippen molar-refractivity contribution in [2.75, 3.05) is 7.05 Å². The van der Waals surface area contributed by atoms with Gasteiger partial charge < -0.3 is 9.73 Å². The standard InChI is InChI=1S/C12H17N3O/c1-8-5-11(9(2)16-8)12(13-3)10-6-14-15(4)7-10/h5-7,12-13H,1-4H3. The summed E-state index contributed by atoms with van der Waals surface area (Å²) in [7, 11) is 3.86. The largest absolute Gasteiger partial charge is 0.466 e. The van der Waals surface area contributed by atoms with Gasteiger partial charge in [0.05, 0.1) is 12.2 Å². The number of aryl methyl sites for hydroxylation is 3. The van der Waals surface area contributed by atoms with Crippen LogP contribution in [0.25, 0.3) is 0 Å². The van der Waals surface area contributed by atoms with Gasteiger partial charge in [-0.05, 0) is 27.0 Å². The molecular formula is C12H17N3O. The van der Waals surface area contributed by atoms with Gasteiger partial charge in [-0.25, -0.2) is 0 Å². The summed E-state index contributed by atoms with van der Waals surface area (Å²) < 4.78 is 7.37. The lowest BCUT2D eigenvalue weighted by Crippen LogP contribution is -2.17. The molecule has 0 spiro atoms. The van der Waals surface area contributed by atoms with Crippen LogP contribution in [0.5, 0.6) is 0 Å². The zero-order valence-electron chi connectivity index (χ0n) is 10.1. The van der Waals surface area contributed by atoms with Crippen molar-refractivity contribution in [3.63, 3.8) is 0 Å². The lowest BCUT2D eigenvalue weighted by Gasteiger charge is -2.13. The Morgan fingerprint density at radius 3 is 2.62 bits per heavy atom. The van der Waals surface area contributed by atoms with Gasteiger partial charge in [0.15, 0.2) is 0 Å². The second-order valence-electron chi connectivity index (χ2n) is 4.04. The summed E-state index contributed by atoms with van der Waals surface area (Å²) in [5.41, 5.74) is 2.32. The smallest absolute Gasteiger partial charge is 0.106 e. The molecule has 0 saturated heterocycles. The highest BCUT2D eigenvalue weighted by atomic mass is 16.3. The van der Waals surface area contributed by atoms with Crippen molar-refractivity contribution in [3.05, 3.63) is 41.1 Å². The molecule has 2 aromatic heterocycles. The Bertz CT molecular complexity index is 484. The molecule has 0 aromatic carbocycles. The molecule has 0 bridgehead atoms. The summed E-state index contributed by atoms with van der Waals surface area (Å²) in [6.45, 7) is 3.95. The molecule has 1 unspecified atom stereocenters. The zero-order chi connectivity index (χ0) is 11.7. The van der Waals surface area contributed by atoms with E-state index in [4.69, 9.17) is 4.42 Å².